The molecule has 3 N–H and O–H groups in total. The van der Waals surface area contributed by atoms with Crippen molar-refractivity contribution in [2.45, 2.75) is 45.6 Å². The van der Waals surface area contributed by atoms with Crippen molar-refractivity contribution in [2.24, 2.45) is 5.73 Å². The van der Waals surface area contributed by atoms with E-state index >= 15 is 0 Å². The maximum Gasteiger partial charge on any atom is 0.247 e. The van der Waals surface area contributed by atoms with Gasteiger partial charge in [0.25, 0.3) is 0 Å². The molecule has 0 bridgehead atoms. The van der Waals surface area contributed by atoms with Gasteiger partial charge in [0.05, 0.1) is 22.2 Å². The Kier molecular flexibility index (Phi) is 8.62. The SMILES string of the molecule is CCC/C(C)=C\C=C(/N)SCC(=O)N1CCC[C@H]1C(=O)Nc1ccccc1-n1cccc1. The number of nitrogens with one attached hydrogen (secondary N) is 1. The molecule has 7 heteroatoms. The molecule has 1 aromatic carbocycles. The van der Waals surface area contributed by atoms with E-state index in [2.05, 4.69) is 19.2 Å². The van der Waals surface area contributed by atoms with Crippen LogP contribution in [0.5, 0.6) is 0 Å². The number of carbonyl (C=O) groups excluding carboxylic acids is 2. The zero-order chi connectivity index (χ0) is 22.9. The van der Waals surface area contributed by atoms with Gasteiger partial charge in [-0.3, -0.25) is 9.59 Å². The number of rotatable bonds is 9. The van der Waals surface area contributed by atoms with Crippen LogP contribution in [0.25, 0.3) is 5.69 Å². The minimum Gasteiger partial charge on any atom is -0.394 e. The predicted molar refractivity (Wildman–Crippen MR) is 133 cm³/mol. The third-order valence-corrected chi connectivity index (χ3v) is 6.32. The van der Waals surface area contributed by atoms with Crippen molar-refractivity contribution in [3.05, 3.63) is 71.5 Å². The number of nitrogens with two attached hydrogens (primary N) is 1. The number of benzene rings is 1. The quantitative estimate of drug-likeness (QED) is 0.541. The number of carbonyl (C=O) groups is 2. The second-order valence-electron chi connectivity index (χ2n) is 7.96. The Morgan fingerprint density at radius 3 is 2.69 bits per heavy atom. The van der Waals surface area contributed by atoms with Crippen molar-refractivity contribution in [3.8, 4) is 5.69 Å². The Hall–Kier alpha value is -2.93. The van der Waals surface area contributed by atoms with Crippen molar-refractivity contribution in [3.63, 3.8) is 0 Å². The van der Waals surface area contributed by atoms with E-state index in [4.69, 9.17) is 5.73 Å². The third kappa shape index (κ3) is 6.29. The van der Waals surface area contributed by atoms with Crippen LogP contribution < -0.4 is 11.1 Å². The summed E-state index contributed by atoms with van der Waals surface area (Å²) in [7, 11) is 0. The first-order valence-electron chi connectivity index (χ1n) is 11.1. The van der Waals surface area contributed by atoms with E-state index in [1.54, 1.807) is 4.90 Å². The van der Waals surface area contributed by atoms with Gasteiger partial charge in [-0.05, 0) is 56.5 Å². The van der Waals surface area contributed by atoms with Crippen LogP contribution in [-0.4, -0.2) is 39.6 Å². The number of para-hydroxylation sites is 2. The van der Waals surface area contributed by atoms with Crippen LogP contribution >= 0.6 is 11.8 Å². The second-order valence-corrected chi connectivity index (χ2v) is 9.01. The summed E-state index contributed by atoms with van der Waals surface area (Å²) in [6.07, 6.45) is 11.3. The molecule has 170 valence electrons. The zero-order valence-corrected chi connectivity index (χ0v) is 19.6. The largest absolute Gasteiger partial charge is 0.394 e. The number of hydrogen-bond acceptors (Lipinski definition) is 4. The lowest BCUT2D eigenvalue weighted by molar-refractivity contribution is -0.134. The highest BCUT2D eigenvalue weighted by Crippen LogP contribution is 2.24. The summed E-state index contributed by atoms with van der Waals surface area (Å²) >= 11 is 1.32. The number of likely N-dealkylation sites (tertiary alicyclic amines) is 1. The van der Waals surface area contributed by atoms with Crippen LogP contribution in [0.3, 0.4) is 0 Å². The monoisotopic (exact) mass is 452 g/mol. The molecule has 2 aromatic rings. The van der Waals surface area contributed by atoms with Crippen LogP contribution in [-0.2, 0) is 9.59 Å². The normalized spacial score (nSPS) is 16.9. The Morgan fingerprint density at radius 2 is 1.94 bits per heavy atom. The second kappa shape index (κ2) is 11.6. The summed E-state index contributed by atoms with van der Waals surface area (Å²) in [4.78, 5) is 27.6. The Balaban J connectivity index is 1.61. The first-order chi connectivity index (χ1) is 15.5. The molecule has 1 aliphatic heterocycles. The van der Waals surface area contributed by atoms with E-state index in [1.165, 1.54) is 17.3 Å². The van der Waals surface area contributed by atoms with E-state index in [1.807, 2.05) is 65.5 Å². The van der Waals surface area contributed by atoms with Gasteiger partial charge in [-0.2, -0.15) is 0 Å². The summed E-state index contributed by atoms with van der Waals surface area (Å²) in [5.74, 6) is 0.0197. The van der Waals surface area contributed by atoms with Gasteiger partial charge in [-0.1, -0.05) is 48.9 Å². The van der Waals surface area contributed by atoms with Crippen molar-refractivity contribution in [2.75, 3.05) is 17.6 Å². The predicted octanol–water partition coefficient (Wildman–Crippen LogP) is 4.69. The van der Waals surface area contributed by atoms with Gasteiger partial charge >= 0.3 is 0 Å². The zero-order valence-electron chi connectivity index (χ0n) is 18.8. The molecule has 3 rings (SSSR count). The van der Waals surface area contributed by atoms with E-state index in [0.717, 1.165) is 30.6 Å². The van der Waals surface area contributed by atoms with Gasteiger partial charge < -0.3 is 20.5 Å². The van der Waals surface area contributed by atoms with Crippen molar-refractivity contribution >= 4 is 29.3 Å². The fraction of sp³-hybridized carbons (Fsp3) is 0.360. The molecule has 1 aromatic heterocycles. The van der Waals surface area contributed by atoms with Crippen LogP contribution in [0.15, 0.2) is 71.5 Å². The molecule has 1 fully saturated rings. The summed E-state index contributed by atoms with van der Waals surface area (Å²) in [6.45, 7) is 4.81. The molecule has 2 amide bonds. The number of hydrogen-bond donors (Lipinski definition) is 2. The summed E-state index contributed by atoms with van der Waals surface area (Å²) in [5, 5.41) is 3.64. The van der Waals surface area contributed by atoms with E-state index in [0.29, 0.717) is 18.0 Å². The average Bonchev–Trinajstić information content (AvgIpc) is 3.49. The fourth-order valence-corrected chi connectivity index (χ4v) is 4.45. The van der Waals surface area contributed by atoms with Gasteiger partial charge in [-0.25, -0.2) is 0 Å². The Labute approximate surface area is 194 Å². The highest BCUT2D eigenvalue weighted by atomic mass is 32.2. The van der Waals surface area contributed by atoms with Crippen molar-refractivity contribution in [1.29, 1.82) is 0 Å². The smallest absolute Gasteiger partial charge is 0.247 e. The molecule has 0 spiro atoms. The van der Waals surface area contributed by atoms with Crippen molar-refractivity contribution in [1.82, 2.24) is 9.47 Å². The van der Waals surface area contributed by atoms with Gasteiger partial charge in [0, 0.05) is 18.9 Å². The van der Waals surface area contributed by atoms with Crippen LogP contribution in [0.4, 0.5) is 5.69 Å². The third-order valence-electron chi connectivity index (χ3n) is 5.46. The van der Waals surface area contributed by atoms with Gasteiger partial charge in [-0.15, -0.1) is 0 Å². The lowest BCUT2D eigenvalue weighted by Crippen LogP contribution is -2.44. The summed E-state index contributed by atoms with van der Waals surface area (Å²) in [6, 6.07) is 11.1. The van der Waals surface area contributed by atoms with Gasteiger partial charge in [0.1, 0.15) is 6.04 Å². The molecule has 32 heavy (non-hydrogen) atoms. The van der Waals surface area contributed by atoms with E-state index in [9.17, 15) is 9.59 Å². The molecule has 6 nitrogen and oxygen atoms in total. The number of thioether (sulfide) groups is 1. The minimum absolute atomic E-state index is 0.0584. The fourth-order valence-electron chi connectivity index (χ4n) is 3.83. The van der Waals surface area contributed by atoms with Crippen LogP contribution in [0.2, 0.25) is 0 Å². The molecule has 2 heterocycles. The van der Waals surface area contributed by atoms with Crippen LogP contribution in [0.1, 0.15) is 39.5 Å². The molecule has 0 saturated carbocycles. The molecule has 0 radical (unpaired) electrons. The van der Waals surface area contributed by atoms with E-state index in [-0.39, 0.29) is 17.6 Å². The standard InChI is InChI=1S/C25H32N4O2S/c1-3-9-19(2)13-14-23(26)32-18-24(30)29-17-8-12-22(29)25(31)27-20-10-4-5-11-21(20)28-15-6-7-16-28/h4-7,10-11,13-16,22H,3,8-9,12,17-18,26H2,1-2H3,(H,27,31)/b19-13-,23-14+/t22-/m0/s1. The lowest BCUT2D eigenvalue weighted by atomic mass is 10.2. The number of amides is 2. The Morgan fingerprint density at radius 1 is 1.19 bits per heavy atom. The first kappa shape index (κ1) is 23.7. The molecular weight excluding hydrogens is 420 g/mol. The maximum atomic E-state index is 13.1. The van der Waals surface area contributed by atoms with Crippen molar-refractivity contribution < 1.29 is 9.59 Å². The molecule has 0 aliphatic carbocycles. The molecule has 1 aliphatic rings. The molecular formula is C25H32N4O2S. The number of anilines is 1. The van der Waals surface area contributed by atoms with Gasteiger partial charge in [0.2, 0.25) is 11.8 Å². The number of nitrogens with zero attached hydrogens (tertiary/aromatic N) is 2. The van der Waals surface area contributed by atoms with Crippen LogP contribution in [0, 0.1) is 0 Å². The number of allylic oxidation sites excluding steroid dienone is 3. The molecule has 0 unspecified atom stereocenters. The lowest BCUT2D eigenvalue weighted by Gasteiger charge is -2.24. The first-order valence-corrected chi connectivity index (χ1v) is 12.1. The average molecular weight is 453 g/mol. The summed E-state index contributed by atoms with van der Waals surface area (Å²) < 4.78 is 1.95. The Bertz CT molecular complexity index is 982. The summed E-state index contributed by atoms with van der Waals surface area (Å²) in [5.41, 5.74) is 8.93. The highest BCUT2D eigenvalue weighted by Gasteiger charge is 2.34. The minimum atomic E-state index is -0.460. The maximum absolute atomic E-state index is 13.1. The molecule has 1 atom stereocenters. The van der Waals surface area contributed by atoms with E-state index < -0.39 is 6.04 Å². The molecule has 1 saturated heterocycles. The van der Waals surface area contributed by atoms with Gasteiger partial charge in [0.15, 0.2) is 0 Å². The topological polar surface area (TPSA) is 80.4 Å². The highest BCUT2D eigenvalue weighted by molar-refractivity contribution is 8.03. The number of aromatic nitrogens is 1.